The molecule has 1 saturated carbocycles. The summed E-state index contributed by atoms with van der Waals surface area (Å²) in [5, 5.41) is 2.86. The number of hydrogen-bond acceptors (Lipinski definition) is 2. The number of hydrogen-bond donors (Lipinski definition) is 1. The van der Waals surface area contributed by atoms with Gasteiger partial charge in [0.2, 0.25) is 5.91 Å². The van der Waals surface area contributed by atoms with Gasteiger partial charge in [-0.2, -0.15) is 0 Å². The largest absolute Gasteiger partial charge is 0.368 e. The molecule has 1 fully saturated rings. The van der Waals surface area contributed by atoms with E-state index in [9.17, 15) is 4.79 Å². The van der Waals surface area contributed by atoms with Crippen LogP contribution in [0.5, 0.6) is 0 Å². The van der Waals surface area contributed by atoms with Gasteiger partial charge in [-0.1, -0.05) is 35.7 Å². The van der Waals surface area contributed by atoms with Crippen LogP contribution >= 0.6 is 31.9 Å². The van der Waals surface area contributed by atoms with Crippen molar-refractivity contribution in [1.82, 2.24) is 0 Å². The van der Waals surface area contributed by atoms with Crippen molar-refractivity contribution in [2.75, 3.05) is 11.9 Å². The minimum Gasteiger partial charge on any atom is -0.368 e. The van der Waals surface area contributed by atoms with Crippen LogP contribution in [0.1, 0.15) is 32.6 Å². The van der Waals surface area contributed by atoms with Gasteiger partial charge in [-0.15, -0.1) is 0 Å². The third-order valence-corrected chi connectivity index (χ3v) is 4.82. The lowest BCUT2D eigenvalue weighted by molar-refractivity contribution is -0.124. The fraction of sp³-hybridized carbons (Fsp3) is 0.533. The van der Waals surface area contributed by atoms with Crippen LogP contribution in [-0.4, -0.2) is 18.6 Å². The fourth-order valence-electron chi connectivity index (χ4n) is 2.49. The van der Waals surface area contributed by atoms with Crippen molar-refractivity contribution in [3.63, 3.8) is 0 Å². The van der Waals surface area contributed by atoms with Crippen LogP contribution in [0.15, 0.2) is 27.1 Å². The minimum absolute atomic E-state index is 0.106. The maximum absolute atomic E-state index is 11.9. The molecule has 0 aromatic heterocycles. The van der Waals surface area contributed by atoms with Crippen LogP contribution in [0.2, 0.25) is 0 Å². The summed E-state index contributed by atoms with van der Waals surface area (Å²) in [4.78, 5) is 11.9. The van der Waals surface area contributed by atoms with E-state index in [4.69, 9.17) is 4.74 Å². The maximum atomic E-state index is 11.9. The smallest absolute Gasteiger partial charge is 0.250 e. The van der Waals surface area contributed by atoms with Gasteiger partial charge >= 0.3 is 0 Å². The summed E-state index contributed by atoms with van der Waals surface area (Å²) >= 11 is 6.81. The van der Waals surface area contributed by atoms with Gasteiger partial charge < -0.3 is 10.1 Å². The van der Waals surface area contributed by atoms with E-state index in [0.717, 1.165) is 21.1 Å². The first-order valence-corrected chi connectivity index (χ1v) is 8.51. The molecule has 2 atom stereocenters. The Labute approximate surface area is 136 Å². The van der Waals surface area contributed by atoms with Crippen LogP contribution < -0.4 is 5.32 Å². The van der Waals surface area contributed by atoms with Gasteiger partial charge in [0.05, 0.1) is 11.8 Å². The topological polar surface area (TPSA) is 38.3 Å². The third-order valence-electron chi connectivity index (χ3n) is 3.67. The highest BCUT2D eigenvalue weighted by atomic mass is 79.9. The molecular formula is C15H19Br2NO2. The maximum Gasteiger partial charge on any atom is 0.250 e. The number of rotatable bonds is 4. The second kappa shape index (κ2) is 7.57. The molecule has 1 amide bonds. The highest BCUT2D eigenvalue weighted by Crippen LogP contribution is 2.27. The lowest BCUT2D eigenvalue weighted by Gasteiger charge is -2.28. The second-order valence-electron chi connectivity index (χ2n) is 5.28. The summed E-state index contributed by atoms with van der Waals surface area (Å²) in [6.07, 6.45) is 4.97. The lowest BCUT2D eigenvalue weighted by atomic mass is 9.88. The molecule has 20 heavy (non-hydrogen) atoms. The van der Waals surface area contributed by atoms with Crippen molar-refractivity contribution in [3.8, 4) is 0 Å². The van der Waals surface area contributed by atoms with Gasteiger partial charge in [-0.25, -0.2) is 0 Å². The van der Waals surface area contributed by atoms with E-state index in [1.54, 1.807) is 0 Å². The van der Waals surface area contributed by atoms with Gasteiger partial charge in [0.15, 0.2) is 0 Å². The van der Waals surface area contributed by atoms with E-state index in [0.29, 0.717) is 5.92 Å². The quantitative estimate of drug-likeness (QED) is 0.786. The van der Waals surface area contributed by atoms with Crippen molar-refractivity contribution in [2.24, 2.45) is 5.92 Å². The number of benzene rings is 1. The van der Waals surface area contributed by atoms with Gasteiger partial charge in [0.25, 0.3) is 0 Å². The fourth-order valence-corrected chi connectivity index (χ4v) is 3.64. The molecule has 1 N–H and O–H groups in total. The predicted molar refractivity (Wildman–Crippen MR) is 87.8 cm³/mol. The molecule has 0 spiro atoms. The number of anilines is 1. The number of amides is 1. The van der Waals surface area contributed by atoms with Gasteiger partial charge in [0, 0.05) is 8.95 Å². The summed E-state index contributed by atoms with van der Waals surface area (Å²) in [7, 11) is 0. The molecular weight excluding hydrogens is 386 g/mol. The number of nitrogens with one attached hydrogen (secondary N) is 1. The number of halogens is 2. The lowest BCUT2D eigenvalue weighted by Crippen LogP contribution is -2.29. The Balaban J connectivity index is 1.83. The normalized spacial score (nSPS) is 22.6. The summed E-state index contributed by atoms with van der Waals surface area (Å²) in [6, 6.07) is 5.65. The van der Waals surface area contributed by atoms with Gasteiger partial charge in [-0.05, 0) is 52.9 Å². The minimum atomic E-state index is -0.106. The molecule has 0 saturated heterocycles. The zero-order valence-corrected chi connectivity index (χ0v) is 14.7. The van der Waals surface area contributed by atoms with E-state index in [1.807, 2.05) is 18.2 Å². The van der Waals surface area contributed by atoms with E-state index < -0.39 is 0 Å². The van der Waals surface area contributed by atoms with Crippen molar-refractivity contribution < 1.29 is 9.53 Å². The highest BCUT2D eigenvalue weighted by Gasteiger charge is 2.22. The third kappa shape index (κ3) is 4.57. The van der Waals surface area contributed by atoms with Crippen molar-refractivity contribution in [2.45, 2.75) is 38.7 Å². The van der Waals surface area contributed by atoms with Crippen molar-refractivity contribution in [1.29, 1.82) is 0 Å². The van der Waals surface area contributed by atoms with E-state index in [1.165, 1.54) is 19.3 Å². The Morgan fingerprint density at radius 3 is 2.80 bits per heavy atom. The van der Waals surface area contributed by atoms with E-state index >= 15 is 0 Å². The standard InChI is InChI=1S/C15H19Br2NO2/c1-10-4-2-3-5-14(10)20-9-15(19)18-13-7-6-11(16)8-12(13)17/h6-8,10,14H,2-5,9H2,1H3,(H,18,19). The van der Waals surface area contributed by atoms with E-state index in [-0.39, 0.29) is 18.6 Å². The summed E-state index contributed by atoms with van der Waals surface area (Å²) in [5.74, 6) is 0.446. The van der Waals surface area contributed by atoms with Crippen molar-refractivity contribution >= 4 is 43.5 Å². The first-order chi connectivity index (χ1) is 9.56. The molecule has 1 aliphatic carbocycles. The molecule has 0 radical (unpaired) electrons. The first kappa shape index (κ1) is 16.0. The molecule has 0 aliphatic heterocycles. The summed E-state index contributed by atoms with van der Waals surface area (Å²) in [6.45, 7) is 2.32. The van der Waals surface area contributed by atoms with Crippen molar-refractivity contribution in [3.05, 3.63) is 27.1 Å². The molecule has 1 aromatic rings. The molecule has 1 aromatic carbocycles. The summed E-state index contributed by atoms with van der Waals surface area (Å²) in [5.41, 5.74) is 0.762. The molecule has 2 unspecified atom stereocenters. The van der Waals surface area contributed by atoms with E-state index in [2.05, 4.69) is 44.1 Å². The number of carbonyl (C=O) groups excluding carboxylic acids is 1. The Morgan fingerprint density at radius 1 is 1.35 bits per heavy atom. The second-order valence-corrected chi connectivity index (χ2v) is 7.05. The molecule has 1 aliphatic rings. The van der Waals surface area contributed by atoms with Gasteiger partial charge in [-0.3, -0.25) is 4.79 Å². The highest BCUT2D eigenvalue weighted by molar-refractivity contribution is 9.11. The molecule has 2 rings (SSSR count). The Morgan fingerprint density at radius 2 is 2.10 bits per heavy atom. The van der Waals surface area contributed by atoms with Gasteiger partial charge in [0.1, 0.15) is 6.61 Å². The zero-order valence-electron chi connectivity index (χ0n) is 11.5. The zero-order chi connectivity index (χ0) is 14.5. The average Bonchev–Trinajstić information content (AvgIpc) is 2.41. The van der Waals surface area contributed by atoms with Crippen LogP contribution in [0.25, 0.3) is 0 Å². The van der Waals surface area contributed by atoms with Crippen LogP contribution in [-0.2, 0) is 9.53 Å². The average molecular weight is 405 g/mol. The van der Waals surface area contributed by atoms with Crippen LogP contribution in [0.3, 0.4) is 0 Å². The first-order valence-electron chi connectivity index (χ1n) is 6.93. The monoisotopic (exact) mass is 403 g/mol. The molecule has 110 valence electrons. The SMILES string of the molecule is CC1CCCCC1OCC(=O)Nc1ccc(Br)cc1Br. The number of carbonyl (C=O) groups is 1. The molecule has 5 heteroatoms. The molecule has 3 nitrogen and oxygen atoms in total. The molecule has 0 heterocycles. The predicted octanol–water partition coefficient (Wildman–Crippen LogP) is 4.75. The Hall–Kier alpha value is -0.390. The van der Waals surface area contributed by atoms with Crippen LogP contribution in [0, 0.1) is 5.92 Å². The Bertz CT molecular complexity index is 479. The molecule has 0 bridgehead atoms. The number of ether oxygens (including phenoxy) is 1. The van der Waals surface area contributed by atoms with Crippen LogP contribution in [0.4, 0.5) is 5.69 Å². The summed E-state index contributed by atoms with van der Waals surface area (Å²) < 4.78 is 7.58. The Kier molecular flexibility index (Phi) is 6.05.